The summed E-state index contributed by atoms with van der Waals surface area (Å²) in [6.07, 6.45) is -0.276. The van der Waals surface area contributed by atoms with E-state index in [0.29, 0.717) is 0 Å². The Kier molecular flexibility index (Phi) is 4.62. The van der Waals surface area contributed by atoms with Crippen LogP contribution < -0.4 is 4.83 Å². The Morgan fingerprint density at radius 3 is 2.53 bits per heavy atom. The molecule has 7 heteroatoms. The number of hydrazone groups is 1. The summed E-state index contributed by atoms with van der Waals surface area (Å²) in [5.41, 5.74) is 0.947. The van der Waals surface area contributed by atoms with E-state index >= 15 is 0 Å². The maximum atomic E-state index is 11.6. The standard InChI is InChI=1S/C10H14N2O4S/c1-8-2-4-10(5-3-8)17(15,16)12-11-6-9(14)7-13/h2-6,9,12-14H,7H2,1H3/b11-6-/t9-/m1/s1. The Morgan fingerprint density at radius 2 is 2.00 bits per heavy atom. The third-order valence-corrected chi connectivity index (χ3v) is 3.18. The smallest absolute Gasteiger partial charge is 0.276 e. The minimum Gasteiger partial charge on any atom is -0.393 e. The molecule has 17 heavy (non-hydrogen) atoms. The highest BCUT2D eigenvalue weighted by molar-refractivity contribution is 7.89. The molecule has 0 aliphatic rings. The molecule has 1 rings (SSSR count). The van der Waals surface area contributed by atoms with Gasteiger partial charge in [0.2, 0.25) is 0 Å². The van der Waals surface area contributed by atoms with Gasteiger partial charge in [0.05, 0.1) is 17.7 Å². The second-order valence-corrected chi connectivity index (χ2v) is 5.10. The van der Waals surface area contributed by atoms with Gasteiger partial charge in [-0.3, -0.25) is 0 Å². The van der Waals surface area contributed by atoms with Gasteiger partial charge in [0.1, 0.15) is 6.10 Å². The maximum Gasteiger partial charge on any atom is 0.276 e. The largest absolute Gasteiger partial charge is 0.393 e. The van der Waals surface area contributed by atoms with Crippen LogP contribution in [0.15, 0.2) is 34.3 Å². The van der Waals surface area contributed by atoms with Crippen molar-refractivity contribution in [2.75, 3.05) is 6.61 Å². The molecule has 0 aliphatic heterocycles. The Labute approximate surface area is 99.7 Å². The molecule has 0 saturated heterocycles. The fourth-order valence-corrected chi connectivity index (χ4v) is 1.80. The van der Waals surface area contributed by atoms with Crippen LogP contribution in [0.25, 0.3) is 0 Å². The Morgan fingerprint density at radius 1 is 1.41 bits per heavy atom. The predicted molar refractivity (Wildman–Crippen MR) is 63.1 cm³/mol. The summed E-state index contributed by atoms with van der Waals surface area (Å²) in [4.78, 5) is 2.01. The summed E-state index contributed by atoms with van der Waals surface area (Å²) in [6.45, 7) is 1.33. The quantitative estimate of drug-likeness (QED) is 0.495. The average Bonchev–Trinajstić information content (AvgIpc) is 2.29. The molecule has 0 unspecified atom stereocenters. The van der Waals surface area contributed by atoms with Crippen molar-refractivity contribution in [2.45, 2.75) is 17.9 Å². The van der Waals surface area contributed by atoms with Crippen molar-refractivity contribution in [2.24, 2.45) is 5.10 Å². The van der Waals surface area contributed by atoms with Gasteiger partial charge in [0, 0.05) is 0 Å². The number of hydrogen-bond acceptors (Lipinski definition) is 5. The number of hydrogen-bond donors (Lipinski definition) is 3. The summed E-state index contributed by atoms with van der Waals surface area (Å²) < 4.78 is 23.3. The second-order valence-electron chi connectivity index (χ2n) is 3.44. The zero-order valence-corrected chi connectivity index (χ0v) is 10.1. The number of nitrogens with zero attached hydrogens (tertiary/aromatic N) is 1. The Balaban J connectivity index is 2.76. The Hall–Kier alpha value is -1.44. The molecule has 0 aliphatic carbocycles. The van der Waals surface area contributed by atoms with Crippen molar-refractivity contribution in [1.29, 1.82) is 0 Å². The highest BCUT2D eigenvalue weighted by Crippen LogP contribution is 2.09. The fraction of sp³-hybridized carbons (Fsp3) is 0.300. The van der Waals surface area contributed by atoms with Crippen LogP contribution in [0.4, 0.5) is 0 Å². The van der Waals surface area contributed by atoms with Gasteiger partial charge in [-0.25, -0.2) is 4.83 Å². The first-order valence-electron chi connectivity index (χ1n) is 4.86. The fourth-order valence-electron chi connectivity index (χ4n) is 1.00. The molecule has 1 aromatic rings. The summed E-state index contributed by atoms with van der Waals surface area (Å²) in [6, 6.07) is 6.24. The molecule has 1 aromatic carbocycles. The molecule has 0 saturated carbocycles. The van der Waals surface area contributed by atoms with Crippen molar-refractivity contribution >= 4 is 16.2 Å². The van der Waals surface area contributed by atoms with E-state index < -0.39 is 22.7 Å². The lowest BCUT2D eigenvalue weighted by atomic mass is 10.2. The van der Waals surface area contributed by atoms with Crippen LogP contribution in [-0.2, 0) is 10.0 Å². The molecule has 0 aromatic heterocycles. The van der Waals surface area contributed by atoms with Crippen LogP contribution in [0.2, 0.25) is 0 Å². The van der Waals surface area contributed by atoms with Gasteiger partial charge >= 0.3 is 0 Å². The molecule has 0 radical (unpaired) electrons. The van der Waals surface area contributed by atoms with Crippen LogP contribution in [-0.4, -0.2) is 37.6 Å². The van der Waals surface area contributed by atoms with Crippen LogP contribution >= 0.6 is 0 Å². The molecule has 0 amide bonds. The van der Waals surface area contributed by atoms with E-state index in [-0.39, 0.29) is 4.90 Å². The monoisotopic (exact) mass is 258 g/mol. The van der Waals surface area contributed by atoms with Gasteiger partial charge in [0.25, 0.3) is 10.0 Å². The lowest BCUT2D eigenvalue weighted by molar-refractivity contribution is 0.148. The topological polar surface area (TPSA) is 99.0 Å². The molecular formula is C10H14N2O4S. The van der Waals surface area contributed by atoms with E-state index in [1.807, 2.05) is 11.8 Å². The minimum absolute atomic E-state index is 0.0822. The van der Waals surface area contributed by atoms with Gasteiger partial charge in [-0.05, 0) is 19.1 Å². The van der Waals surface area contributed by atoms with Crippen molar-refractivity contribution in [1.82, 2.24) is 4.83 Å². The van der Waals surface area contributed by atoms with E-state index in [1.54, 1.807) is 12.1 Å². The van der Waals surface area contributed by atoms with Crippen LogP contribution in [0.5, 0.6) is 0 Å². The molecule has 3 N–H and O–H groups in total. The summed E-state index contributed by atoms with van der Waals surface area (Å²) >= 11 is 0. The predicted octanol–water partition coefficient (Wildman–Crippen LogP) is -0.388. The van der Waals surface area contributed by atoms with E-state index in [0.717, 1.165) is 11.8 Å². The van der Waals surface area contributed by atoms with Gasteiger partial charge < -0.3 is 10.2 Å². The number of aryl methyl sites for hydroxylation is 1. The van der Waals surface area contributed by atoms with Crippen molar-refractivity contribution in [3.8, 4) is 0 Å². The zero-order valence-electron chi connectivity index (χ0n) is 9.24. The SMILES string of the molecule is Cc1ccc(S(=O)(=O)N/N=C\[C@@H](O)CO)cc1. The van der Waals surface area contributed by atoms with E-state index in [9.17, 15) is 8.42 Å². The molecular weight excluding hydrogens is 244 g/mol. The van der Waals surface area contributed by atoms with Crippen LogP contribution in [0, 0.1) is 6.92 Å². The number of aliphatic hydroxyl groups is 2. The molecule has 0 spiro atoms. The van der Waals surface area contributed by atoms with Gasteiger partial charge in [-0.1, -0.05) is 17.7 Å². The van der Waals surface area contributed by atoms with Gasteiger partial charge in [-0.2, -0.15) is 13.5 Å². The molecule has 0 heterocycles. The molecule has 0 fully saturated rings. The van der Waals surface area contributed by atoms with Crippen molar-refractivity contribution in [3.63, 3.8) is 0 Å². The molecule has 6 nitrogen and oxygen atoms in total. The Bertz CT molecular complexity index is 482. The first kappa shape index (κ1) is 13.6. The van der Waals surface area contributed by atoms with Crippen LogP contribution in [0.3, 0.4) is 0 Å². The maximum absolute atomic E-state index is 11.6. The third kappa shape index (κ3) is 4.14. The number of benzene rings is 1. The normalized spacial score (nSPS) is 13.8. The molecule has 1 atom stereocenters. The summed E-state index contributed by atoms with van der Waals surface area (Å²) in [5.74, 6) is 0. The van der Waals surface area contributed by atoms with E-state index in [1.165, 1.54) is 12.1 Å². The number of aliphatic hydroxyl groups excluding tert-OH is 2. The molecule has 94 valence electrons. The average molecular weight is 258 g/mol. The summed E-state index contributed by atoms with van der Waals surface area (Å²) in [5, 5.41) is 20.8. The molecule has 0 bridgehead atoms. The minimum atomic E-state index is -3.72. The first-order valence-corrected chi connectivity index (χ1v) is 6.34. The van der Waals surface area contributed by atoms with Gasteiger partial charge in [0.15, 0.2) is 0 Å². The van der Waals surface area contributed by atoms with Crippen LogP contribution in [0.1, 0.15) is 5.56 Å². The van der Waals surface area contributed by atoms with Crippen molar-refractivity contribution in [3.05, 3.63) is 29.8 Å². The number of sulfonamides is 1. The van der Waals surface area contributed by atoms with E-state index in [2.05, 4.69) is 5.10 Å². The first-order chi connectivity index (χ1) is 7.95. The summed E-state index contributed by atoms with van der Waals surface area (Å²) in [7, 11) is -3.72. The van der Waals surface area contributed by atoms with Crippen molar-refractivity contribution < 1.29 is 18.6 Å². The lowest BCUT2D eigenvalue weighted by Crippen LogP contribution is -2.21. The number of nitrogens with one attached hydrogen (secondary N) is 1. The number of rotatable bonds is 5. The highest BCUT2D eigenvalue weighted by Gasteiger charge is 2.11. The van der Waals surface area contributed by atoms with Gasteiger partial charge in [-0.15, -0.1) is 0 Å². The second kappa shape index (κ2) is 5.76. The highest BCUT2D eigenvalue weighted by atomic mass is 32.2. The lowest BCUT2D eigenvalue weighted by Gasteiger charge is -2.04. The van der Waals surface area contributed by atoms with E-state index in [4.69, 9.17) is 10.2 Å². The zero-order chi connectivity index (χ0) is 12.9. The third-order valence-electron chi connectivity index (χ3n) is 1.94.